The van der Waals surface area contributed by atoms with Crippen LogP contribution in [0.2, 0.25) is 0 Å². The van der Waals surface area contributed by atoms with E-state index in [0.717, 1.165) is 17.1 Å². The van der Waals surface area contributed by atoms with E-state index in [1.165, 1.54) is 121 Å². The number of hydrogen-bond donors (Lipinski definition) is 0. The molecule has 0 radical (unpaired) electrons. The van der Waals surface area contributed by atoms with E-state index in [0.29, 0.717) is 0 Å². The summed E-state index contributed by atoms with van der Waals surface area (Å²) in [6, 6.07) is 109. The summed E-state index contributed by atoms with van der Waals surface area (Å²) in [5.41, 5.74) is 22.7. The number of rotatable bonds is 9. The lowest BCUT2D eigenvalue weighted by atomic mass is 9.33. The molecule has 0 saturated heterocycles. The third-order valence-corrected chi connectivity index (χ3v) is 24.0. The monoisotopic (exact) mass is 1160 g/mol. The Kier molecular flexibility index (Phi) is 13.4. The van der Waals surface area contributed by atoms with Crippen molar-refractivity contribution in [3.05, 3.63) is 302 Å². The maximum atomic E-state index is 2.67. The highest BCUT2D eigenvalue weighted by Gasteiger charge is 2.48. The number of para-hydroxylation sites is 2. The van der Waals surface area contributed by atoms with Gasteiger partial charge in [-0.05, 0) is 148 Å². The Morgan fingerprint density at radius 1 is 0.292 bits per heavy atom. The number of benzene rings is 12. The zero-order valence-electron chi connectivity index (χ0n) is 52.6. The maximum Gasteiger partial charge on any atom is 0.252 e. The molecule has 1 aromatic heterocycles. The molecular weight excluding hydrogens is 1090 g/mol. The normalized spacial score (nSPS) is 13.2. The van der Waals surface area contributed by atoms with Gasteiger partial charge in [-0.1, -0.05) is 281 Å². The van der Waals surface area contributed by atoms with Gasteiger partial charge in [0.15, 0.2) is 8.07 Å². The standard InChI is InChI=1S/C84H74BN3Si/c1-82(2,3)59-43-48-75-69(51-59)70-52-60(83(4,5)6)44-49-76(70)86(75)62-45-47-71-78(55-62)88(74-42-28-26-40-68(74)58-31-17-11-18-32-58)80-54-61(84(7,8)9)53-79-81(80)85(71)72-56-66(46-50-77(72)87(79)73-41-27-25-39-67(73)57-29-15-10-16-30-57)89(63-33-19-12-20-34-63,64-35-21-13-22-36-64)65-37-23-14-24-38-65/h10-56H,1-9H3. The quantitative estimate of drug-likeness (QED) is 0.105. The molecule has 13 aromatic rings. The molecule has 432 valence electrons. The molecule has 0 aliphatic carbocycles. The fourth-order valence-corrected chi connectivity index (χ4v) is 19.5. The van der Waals surface area contributed by atoms with Crippen LogP contribution in [0.4, 0.5) is 34.1 Å². The van der Waals surface area contributed by atoms with Gasteiger partial charge in [0.1, 0.15) is 0 Å². The van der Waals surface area contributed by atoms with Crippen molar-refractivity contribution in [1.29, 1.82) is 0 Å². The predicted molar refractivity (Wildman–Crippen MR) is 385 cm³/mol. The zero-order valence-corrected chi connectivity index (χ0v) is 53.6. The van der Waals surface area contributed by atoms with Crippen molar-refractivity contribution < 1.29 is 0 Å². The third-order valence-electron chi connectivity index (χ3n) is 19.2. The lowest BCUT2D eigenvalue weighted by molar-refractivity contribution is 0.590. The van der Waals surface area contributed by atoms with Crippen LogP contribution in [0.5, 0.6) is 0 Å². The van der Waals surface area contributed by atoms with Gasteiger partial charge in [0.2, 0.25) is 0 Å². The minimum atomic E-state index is -3.05. The predicted octanol–water partition coefficient (Wildman–Crippen LogP) is 17.5. The maximum absolute atomic E-state index is 3.05. The van der Waals surface area contributed by atoms with Crippen molar-refractivity contribution in [2.75, 3.05) is 9.80 Å². The van der Waals surface area contributed by atoms with Crippen molar-refractivity contribution in [2.45, 2.75) is 78.6 Å². The van der Waals surface area contributed by atoms with E-state index >= 15 is 0 Å². The smallest absolute Gasteiger partial charge is 0.252 e. The zero-order chi connectivity index (χ0) is 61.0. The van der Waals surface area contributed by atoms with Gasteiger partial charge in [0.25, 0.3) is 6.71 Å². The van der Waals surface area contributed by atoms with E-state index in [-0.39, 0.29) is 23.0 Å². The molecule has 0 unspecified atom stereocenters. The number of hydrogen-bond acceptors (Lipinski definition) is 2. The van der Waals surface area contributed by atoms with E-state index in [4.69, 9.17) is 0 Å². The molecule has 5 heteroatoms. The molecule has 89 heavy (non-hydrogen) atoms. The summed E-state index contributed by atoms with van der Waals surface area (Å²) in [6.45, 7) is 20.9. The van der Waals surface area contributed by atoms with E-state index < -0.39 is 8.07 Å². The van der Waals surface area contributed by atoms with Crippen LogP contribution in [-0.2, 0) is 16.2 Å². The highest BCUT2D eigenvalue weighted by Crippen LogP contribution is 2.50. The van der Waals surface area contributed by atoms with Gasteiger partial charge in [-0.2, -0.15) is 0 Å². The van der Waals surface area contributed by atoms with Crippen LogP contribution in [0.1, 0.15) is 79.0 Å². The first-order valence-electron chi connectivity index (χ1n) is 31.7. The van der Waals surface area contributed by atoms with Crippen molar-refractivity contribution in [3.63, 3.8) is 0 Å². The van der Waals surface area contributed by atoms with Gasteiger partial charge in [-0.15, -0.1) is 0 Å². The van der Waals surface area contributed by atoms with Crippen molar-refractivity contribution in [1.82, 2.24) is 4.57 Å². The van der Waals surface area contributed by atoms with Gasteiger partial charge < -0.3 is 14.4 Å². The highest BCUT2D eigenvalue weighted by atomic mass is 28.3. The van der Waals surface area contributed by atoms with Crippen LogP contribution in [0.3, 0.4) is 0 Å². The van der Waals surface area contributed by atoms with Crippen LogP contribution in [0.15, 0.2) is 285 Å². The Balaban J connectivity index is 1.09. The molecule has 0 fully saturated rings. The molecule has 15 rings (SSSR count). The first-order chi connectivity index (χ1) is 43.1. The van der Waals surface area contributed by atoms with Crippen molar-refractivity contribution in [2.24, 2.45) is 0 Å². The van der Waals surface area contributed by atoms with Gasteiger partial charge in [-0.3, -0.25) is 0 Å². The summed E-state index contributed by atoms with van der Waals surface area (Å²) in [6.07, 6.45) is 0. The first kappa shape index (κ1) is 55.9. The van der Waals surface area contributed by atoms with Crippen molar-refractivity contribution >= 4 is 108 Å². The molecule has 0 atom stereocenters. The first-order valence-corrected chi connectivity index (χ1v) is 33.7. The van der Waals surface area contributed by atoms with Crippen molar-refractivity contribution in [3.8, 4) is 27.9 Å². The largest absolute Gasteiger partial charge is 0.311 e. The molecule has 12 aromatic carbocycles. The molecule has 3 heterocycles. The molecule has 3 nitrogen and oxygen atoms in total. The van der Waals surface area contributed by atoms with Crippen LogP contribution >= 0.6 is 0 Å². The third kappa shape index (κ3) is 9.23. The summed E-state index contributed by atoms with van der Waals surface area (Å²) in [4.78, 5) is 5.29. The molecule has 0 spiro atoms. The van der Waals surface area contributed by atoms with Gasteiger partial charge >= 0.3 is 0 Å². The van der Waals surface area contributed by atoms with Crippen LogP contribution in [0.25, 0.3) is 49.7 Å². The Morgan fingerprint density at radius 3 is 1.16 bits per heavy atom. The molecule has 2 aliphatic rings. The highest BCUT2D eigenvalue weighted by molar-refractivity contribution is 7.20. The molecule has 0 amide bonds. The summed E-state index contributed by atoms with van der Waals surface area (Å²) >= 11 is 0. The van der Waals surface area contributed by atoms with Gasteiger partial charge in [0, 0.05) is 50.3 Å². The minimum absolute atomic E-state index is 0.0261. The average molecular weight is 1160 g/mol. The summed E-state index contributed by atoms with van der Waals surface area (Å²) in [5.74, 6) is 0. The van der Waals surface area contributed by atoms with E-state index in [1.54, 1.807) is 0 Å². The minimum Gasteiger partial charge on any atom is -0.311 e. The van der Waals surface area contributed by atoms with E-state index in [1.807, 2.05) is 0 Å². The number of aromatic nitrogens is 1. The summed E-state index contributed by atoms with van der Waals surface area (Å²) in [7, 11) is -3.05. The fraction of sp³-hybridized carbons (Fsp3) is 0.143. The SMILES string of the molecule is CC(C)(C)c1cc2c3c(c1)N(c1ccccc1-c1ccccc1)c1cc(-n4c5ccc(C(C)(C)C)cc5c5cc(C(C)(C)C)ccc54)ccc1B3c1cc([Si](c3ccccc3)(c3ccccc3)c3ccccc3)ccc1N2c1ccccc1-c1ccccc1. The Hall–Kier alpha value is -9.68. The second-order valence-corrected chi connectivity index (χ2v) is 31.5. The average Bonchev–Trinajstić information content (AvgIpc) is 0.990. The molecule has 0 N–H and O–H groups in total. The Morgan fingerprint density at radius 2 is 0.708 bits per heavy atom. The Labute approximate surface area is 527 Å². The summed E-state index contributed by atoms with van der Waals surface area (Å²) < 4.78 is 2.55. The molecular formula is C84H74BN3Si. The molecule has 0 bridgehead atoms. The molecule has 0 saturated carbocycles. The van der Waals surface area contributed by atoms with Crippen LogP contribution < -0.4 is 46.9 Å². The van der Waals surface area contributed by atoms with Crippen LogP contribution in [0, 0.1) is 0 Å². The second-order valence-electron chi connectivity index (χ2n) is 27.7. The van der Waals surface area contributed by atoms with Gasteiger partial charge in [0.05, 0.1) is 22.4 Å². The summed E-state index contributed by atoms with van der Waals surface area (Å²) in [5, 5.41) is 7.95. The fourth-order valence-electron chi connectivity index (χ4n) is 14.7. The lowest BCUT2D eigenvalue weighted by Gasteiger charge is -2.46. The van der Waals surface area contributed by atoms with E-state index in [2.05, 4.69) is 362 Å². The molecule has 2 aliphatic heterocycles. The van der Waals surface area contributed by atoms with Gasteiger partial charge in [-0.25, -0.2) is 0 Å². The van der Waals surface area contributed by atoms with E-state index in [9.17, 15) is 0 Å². The Bertz CT molecular complexity index is 4670. The topological polar surface area (TPSA) is 11.4 Å². The lowest BCUT2D eigenvalue weighted by Crippen LogP contribution is -2.75. The number of nitrogens with zero attached hydrogens (tertiary/aromatic N) is 3. The number of fused-ring (bicyclic) bond motifs is 7. The van der Waals surface area contributed by atoms with Crippen LogP contribution in [-0.4, -0.2) is 19.4 Å². The number of anilines is 6. The second kappa shape index (κ2) is 21.3.